The fourth-order valence-corrected chi connectivity index (χ4v) is 3.92. The summed E-state index contributed by atoms with van der Waals surface area (Å²) in [6.45, 7) is 3.01. The van der Waals surface area contributed by atoms with Gasteiger partial charge in [0, 0.05) is 28.8 Å². The monoisotopic (exact) mass is 313 g/mol. The van der Waals surface area contributed by atoms with Gasteiger partial charge in [-0.2, -0.15) is 0 Å². The largest absolute Gasteiger partial charge is 0.378 e. The molecule has 22 heavy (non-hydrogen) atoms. The van der Waals surface area contributed by atoms with Crippen molar-refractivity contribution in [1.29, 1.82) is 0 Å². The number of aryl methyl sites for hydroxylation is 1. The Morgan fingerprint density at radius 2 is 1.95 bits per heavy atom. The third-order valence-corrected chi connectivity index (χ3v) is 5.10. The van der Waals surface area contributed by atoms with Gasteiger partial charge in [-0.15, -0.1) is 0 Å². The predicted molar refractivity (Wildman–Crippen MR) is 90.4 cm³/mol. The summed E-state index contributed by atoms with van der Waals surface area (Å²) in [5, 5.41) is 4.52. The number of fused-ring (bicyclic) bond motifs is 3. The number of halogens is 1. The Morgan fingerprint density at radius 3 is 2.77 bits per heavy atom. The molecule has 1 fully saturated rings. The summed E-state index contributed by atoms with van der Waals surface area (Å²) >= 11 is 6.04. The molecule has 2 nitrogen and oxygen atoms in total. The summed E-state index contributed by atoms with van der Waals surface area (Å²) in [6.07, 6.45) is 2.53. The van der Waals surface area contributed by atoms with Gasteiger partial charge in [-0.3, -0.25) is 0 Å². The Balaban J connectivity index is 1.77. The number of rotatable bonds is 1. The molecular weight excluding hydrogens is 294 g/mol. The Labute approximate surface area is 136 Å². The van der Waals surface area contributed by atoms with Crippen molar-refractivity contribution in [3.05, 3.63) is 64.2 Å². The van der Waals surface area contributed by atoms with Crippen LogP contribution in [0, 0.1) is 12.8 Å². The van der Waals surface area contributed by atoms with Crippen LogP contribution in [0.4, 0.5) is 5.69 Å². The fraction of sp³-hybridized carbons (Fsp3) is 0.368. The highest BCUT2D eigenvalue weighted by Crippen LogP contribution is 2.49. The molecule has 0 saturated carbocycles. The van der Waals surface area contributed by atoms with Gasteiger partial charge in [0.2, 0.25) is 0 Å². The number of nitrogens with one attached hydrogen (secondary N) is 1. The van der Waals surface area contributed by atoms with E-state index in [0.29, 0.717) is 5.92 Å². The molecule has 2 aliphatic heterocycles. The van der Waals surface area contributed by atoms with Crippen molar-refractivity contribution in [1.82, 2.24) is 0 Å². The second kappa shape index (κ2) is 5.60. The highest BCUT2D eigenvalue weighted by molar-refractivity contribution is 6.30. The van der Waals surface area contributed by atoms with Crippen molar-refractivity contribution in [2.75, 3.05) is 11.9 Å². The van der Waals surface area contributed by atoms with Crippen LogP contribution in [0.2, 0.25) is 5.02 Å². The summed E-state index contributed by atoms with van der Waals surface area (Å²) in [5.74, 6) is 0.476. The summed E-state index contributed by atoms with van der Waals surface area (Å²) in [6, 6.07) is 15.1. The molecule has 2 heterocycles. The first-order valence-electron chi connectivity index (χ1n) is 7.96. The molecule has 0 spiro atoms. The minimum Gasteiger partial charge on any atom is -0.378 e. The second-order valence-electron chi connectivity index (χ2n) is 6.36. The van der Waals surface area contributed by atoms with Crippen molar-refractivity contribution in [3.8, 4) is 0 Å². The number of benzene rings is 2. The van der Waals surface area contributed by atoms with Crippen LogP contribution in [-0.2, 0) is 4.74 Å². The predicted octanol–water partition coefficient (Wildman–Crippen LogP) is 5.28. The molecule has 0 unspecified atom stereocenters. The van der Waals surface area contributed by atoms with Crippen molar-refractivity contribution >= 4 is 17.3 Å². The van der Waals surface area contributed by atoms with Crippen molar-refractivity contribution < 1.29 is 4.74 Å². The molecule has 2 aromatic rings. The maximum absolute atomic E-state index is 6.17. The lowest BCUT2D eigenvalue weighted by atomic mass is 9.77. The molecule has 0 amide bonds. The van der Waals surface area contributed by atoms with E-state index >= 15 is 0 Å². The smallest absolute Gasteiger partial charge is 0.0895 e. The van der Waals surface area contributed by atoms with Crippen molar-refractivity contribution in [2.24, 2.45) is 5.92 Å². The molecule has 0 aliphatic carbocycles. The van der Waals surface area contributed by atoms with Crippen LogP contribution in [-0.4, -0.2) is 6.61 Å². The first-order valence-corrected chi connectivity index (χ1v) is 8.34. The molecule has 1 N–H and O–H groups in total. The first kappa shape index (κ1) is 14.1. The standard InChI is InChI=1S/C19H20ClNO/c1-12-4-9-17-16(11-12)19-15(3-2-10-22-19)18(21-17)13-5-7-14(20)8-6-13/h4-9,11,15,18-19,21H,2-3,10H2,1H3/t15-,18+,19-/m0/s1. The zero-order valence-corrected chi connectivity index (χ0v) is 13.4. The van der Waals surface area contributed by atoms with Gasteiger partial charge in [-0.05, 0) is 43.5 Å². The van der Waals surface area contributed by atoms with Crippen LogP contribution in [0.25, 0.3) is 0 Å². The molecule has 0 bridgehead atoms. The molecule has 4 rings (SSSR count). The van der Waals surface area contributed by atoms with E-state index in [1.807, 2.05) is 12.1 Å². The molecule has 0 aromatic heterocycles. The lowest BCUT2D eigenvalue weighted by molar-refractivity contribution is -0.0381. The van der Waals surface area contributed by atoms with Crippen molar-refractivity contribution in [2.45, 2.75) is 31.9 Å². The SMILES string of the molecule is Cc1ccc2c(c1)[C@H]1OCCC[C@H]1[C@@H](c1ccc(Cl)cc1)N2. The third kappa shape index (κ3) is 2.41. The van der Waals surface area contributed by atoms with E-state index in [4.69, 9.17) is 16.3 Å². The van der Waals surface area contributed by atoms with E-state index in [-0.39, 0.29) is 12.1 Å². The minimum atomic E-state index is 0.200. The number of hydrogen-bond acceptors (Lipinski definition) is 2. The highest BCUT2D eigenvalue weighted by Gasteiger charge is 2.39. The van der Waals surface area contributed by atoms with Crippen LogP contribution < -0.4 is 5.32 Å². The summed E-state index contributed by atoms with van der Waals surface area (Å²) in [4.78, 5) is 0. The molecule has 2 aliphatic rings. The molecule has 114 valence electrons. The number of hydrogen-bond donors (Lipinski definition) is 1. The summed E-state index contributed by atoms with van der Waals surface area (Å²) < 4.78 is 6.17. The average molecular weight is 314 g/mol. The van der Waals surface area contributed by atoms with Crippen LogP contribution in [0.5, 0.6) is 0 Å². The summed E-state index contributed by atoms with van der Waals surface area (Å²) in [5.41, 5.74) is 5.10. The van der Waals surface area contributed by atoms with Gasteiger partial charge in [0.25, 0.3) is 0 Å². The second-order valence-corrected chi connectivity index (χ2v) is 6.80. The lowest BCUT2D eigenvalue weighted by Gasteiger charge is -2.43. The van der Waals surface area contributed by atoms with Crippen LogP contribution >= 0.6 is 11.6 Å². The quantitative estimate of drug-likeness (QED) is 0.773. The molecule has 3 atom stereocenters. The van der Waals surface area contributed by atoms with Gasteiger partial charge >= 0.3 is 0 Å². The van der Waals surface area contributed by atoms with E-state index in [1.165, 1.54) is 28.8 Å². The lowest BCUT2D eigenvalue weighted by Crippen LogP contribution is -2.36. The zero-order valence-electron chi connectivity index (χ0n) is 12.7. The zero-order chi connectivity index (χ0) is 15.1. The number of anilines is 1. The van der Waals surface area contributed by atoms with Gasteiger partial charge in [0.1, 0.15) is 0 Å². The van der Waals surface area contributed by atoms with Gasteiger partial charge in [-0.25, -0.2) is 0 Å². The average Bonchev–Trinajstić information content (AvgIpc) is 2.55. The Bertz CT molecular complexity index is 682. The third-order valence-electron chi connectivity index (χ3n) is 4.85. The van der Waals surface area contributed by atoms with E-state index in [2.05, 4.69) is 42.6 Å². The highest BCUT2D eigenvalue weighted by atomic mass is 35.5. The van der Waals surface area contributed by atoms with Gasteiger partial charge < -0.3 is 10.1 Å². The normalized spacial score (nSPS) is 26.7. The molecule has 0 radical (unpaired) electrons. The van der Waals surface area contributed by atoms with Crippen LogP contribution in [0.1, 0.15) is 41.7 Å². The first-order chi connectivity index (χ1) is 10.7. The molecule has 1 saturated heterocycles. The summed E-state index contributed by atoms with van der Waals surface area (Å²) in [7, 11) is 0. The van der Waals surface area contributed by atoms with Crippen molar-refractivity contribution in [3.63, 3.8) is 0 Å². The minimum absolute atomic E-state index is 0.200. The Hall–Kier alpha value is -1.51. The van der Waals surface area contributed by atoms with E-state index in [9.17, 15) is 0 Å². The fourth-order valence-electron chi connectivity index (χ4n) is 3.79. The van der Waals surface area contributed by atoms with Gasteiger partial charge in [-0.1, -0.05) is 41.4 Å². The molecule has 2 aromatic carbocycles. The number of ether oxygens (including phenoxy) is 1. The van der Waals surface area contributed by atoms with Crippen LogP contribution in [0.3, 0.4) is 0 Å². The van der Waals surface area contributed by atoms with E-state index in [1.54, 1.807) is 0 Å². The van der Waals surface area contributed by atoms with Gasteiger partial charge in [0.15, 0.2) is 0 Å². The maximum Gasteiger partial charge on any atom is 0.0895 e. The topological polar surface area (TPSA) is 21.3 Å². The van der Waals surface area contributed by atoms with E-state index < -0.39 is 0 Å². The van der Waals surface area contributed by atoms with Gasteiger partial charge in [0.05, 0.1) is 12.1 Å². The van der Waals surface area contributed by atoms with E-state index in [0.717, 1.165) is 18.1 Å². The molecule has 3 heteroatoms. The van der Waals surface area contributed by atoms with Crippen LogP contribution in [0.15, 0.2) is 42.5 Å². The Morgan fingerprint density at radius 1 is 1.14 bits per heavy atom. The maximum atomic E-state index is 6.17. The Kier molecular flexibility index (Phi) is 3.59. The molecular formula is C19H20ClNO.